The first-order chi connectivity index (χ1) is 8.36. The summed E-state index contributed by atoms with van der Waals surface area (Å²) in [4.78, 5) is 0. The van der Waals surface area contributed by atoms with E-state index in [1.807, 2.05) is 18.2 Å². The lowest BCUT2D eigenvalue weighted by atomic mass is 9.90. The summed E-state index contributed by atoms with van der Waals surface area (Å²) in [6, 6.07) is 10.3. The minimum absolute atomic E-state index is 0.527. The van der Waals surface area contributed by atoms with E-state index in [-0.39, 0.29) is 0 Å². The van der Waals surface area contributed by atoms with Crippen molar-refractivity contribution in [3.05, 3.63) is 60.2 Å². The third kappa shape index (κ3) is 3.86. The second kappa shape index (κ2) is 6.41. The lowest BCUT2D eigenvalue weighted by Crippen LogP contribution is -2.09. The van der Waals surface area contributed by atoms with Gasteiger partial charge in [-0.1, -0.05) is 49.1 Å². The summed E-state index contributed by atoms with van der Waals surface area (Å²) in [6.07, 6.45) is 8.26. The van der Waals surface area contributed by atoms with Crippen LogP contribution in [0.3, 0.4) is 0 Å². The van der Waals surface area contributed by atoms with E-state index >= 15 is 0 Å². The van der Waals surface area contributed by atoms with Crippen LogP contribution in [-0.4, -0.2) is 6.61 Å². The van der Waals surface area contributed by atoms with E-state index in [0.717, 1.165) is 0 Å². The highest BCUT2D eigenvalue weighted by Crippen LogP contribution is 2.23. The maximum absolute atomic E-state index is 5.70. The fraction of sp³-hybridized carbons (Fsp3) is 0.375. The molecule has 2 rings (SSSR count). The SMILES string of the molecule is C=C(COCc1ccccc1)C1C=CCCC1. The van der Waals surface area contributed by atoms with Crippen LogP contribution in [0.4, 0.5) is 0 Å². The Morgan fingerprint density at radius 1 is 1.29 bits per heavy atom. The molecular formula is C16H20O. The molecule has 90 valence electrons. The Bertz CT molecular complexity index is 378. The molecule has 0 saturated heterocycles. The zero-order valence-corrected chi connectivity index (χ0v) is 10.3. The fourth-order valence-electron chi connectivity index (χ4n) is 2.13. The number of hydrogen-bond acceptors (Lipinski definition) is 1. The molecule has 0 spiro atoms. The van der Waals surface area contributed by atoms with Crippen molar-refractivity contribution in [1.29, 1.82) is 0 Å². The van der Waals surface area contributed by atoms with Crippen molar-refractivity contribution in [2.24, 2.45) is 5.92 Å². The quantitative estimate of drug-likeness (QED) is 0.689. The zero-order valence-electron chi connectivity index (χ0n) is 10.3. The second-order valence-corrected chi connectivity index (χ2v) is 4.60. The Labute approximate surface area is 104 Å². The van der Waals surface area contributed by atoms with E-state index in [2.05, 4.69) is 30.9 Å². The van der Waals surface area contributed by atoms with Gasteiger partial charge in [0.1, 0.15) is 0 Å². The smallest absolute Gasteiger partial charge is 0.0721 e. The summed E-state index contributed by atoms with van der Waals surface area (Å²) in [5, 5.41) is 0. The van der Waals surface area contributed by atoms with Crippen LogP contribution in [0.15, 0.2) is 54.6 Å². The molecule has 1 heteroatoms. The molecule has 0 fully saturated rings. The van der Waals surface area contributed by atoms with Crippen LogP contribution < -0.4 is 0 Å². The molecule has 1 aromatic rings. The Balaban J connectivity index is 1.73. The molecule has 17 heavy (non-hydrogen) atoms. The van der Waals surface area contributed by atoms with E-state index in [0.29, 0.717) is 19.1 Å². The number of rotatable bonds is 5. The molecule has 1 aliphatic carbocycles. The van der Waals surface area contributed by atoms with Crippen LogP contribution in [0.1, 0.15) is 24.8 Å². The standard InChI is InChI=1S/C16H20O/c1-14(16-10-6-3-7-11-16)12-17-13-15-8-4-2-5-9-15/h2,4-6,8-10,16H,1,3,7,11-13H2. The minimum atomic E-state index is 0.527. The Kier molecular flexibility index (Phi) is 4.57. The van der Waals surface area contributed by atoms with Crippen molar-refractivity contribution in [2.45, 2.75) is 25.9 Å². The molecule has 0 saturated carbocycles. The van der Waals surface area contributed by atoms with Crippen LogP contribution in [0.2, 0.25) is 0 Å². The lowest BCUT2D eigenvalue weighted by molar-refractivity contribution is 0.137. The van der Waals surface area contributed by atoms with Gasteiger partial charge in [0.2, 0.25) is 0 Å². The van der Waals surface area contributed by atoms with Gasteiger partial charge in [-0.3, -0.25) is 0 Å². The van der Waals surface area contributed by atoms with Crippen molar-refractivity contribution < 1.29 is 4.74 Å². The average molecular weight is 228 g/mol. The normalized spacial score (nSPS) is 19.2. The van der Waals surface area contributed by atoms with Crippen LogP contribution in [0, 0.1) is 5.92 Å². The maximum atomic E-state index is 5.70. The molecule has 1 atom stereocenters. The lowest BCUT2D eigenvalue weighted by Gasteiger charge is -2.18. The van der Waals surface area contributed by atoms with Gasteiger partial charge in [0, 0.05) is 0 Å². The summed E-state index contributed by atoms with van der Waals surface area (Å²) < 4.78 is 5.70. The molecule has 0 radical (unpaired) electrons. The minimum Gasteiger partial charge on any atom is -0.372 e. The monoisotopic (exact) mass is 228 g/mol. The highest BCUT2D eigenvalue weighted by molar-refractivity contribution is 5.14. The van der Waals surface area contributed by atoms with Gasteiger partial charge in [0.05, 0.1) is 13.2 Å². The van der Waals surface area contributed by atoms with Gasteiger partial charge in [0.15, 0.2) is 0 Å². The number of hydrogen-bond donors (Lipinski definition) is 0. The van der Waals surface area contributed by atoms with Crippen LogP contribution in [-0.2, 0) is 11.3 Å². The van der Waals surface area contributed by atoms with Gasteiger partial charge in [0.25, 0.3) is 0 Å². The first-order valence-electron chi connectivity index (χ1n) is 6.32. The largest absolute Gasteiger partial charge is 0.372 e. The topological polar surface area (TPSA) is 9.23 Å². The van der Waals surface area contributed by atoms with Gasteiger partial charge < -0.3 is 4.74 Å². The Morgan fingerprint density at radius 2 is 2.12 bits per heavy atom. The molecule has 1 aromatic carbocycles. The zero-order chi connectivity index (χ0) is 11.9. The van der Waals surface area contributed by atoms with Crippen LogP contribution in [0.5, 0.6) is 0 Å². The third-order valence-corrected chi connectivity index (χ3v) is 3.18. The predicted octanol–water partition coefficient (Wildman–Crippen LogP) is 4.12. The van der Waals surface area contributed by atoms with Crippen molar-refractivity contribution in [3.63, 3.8) is 0 Å². The number of benzene rings is 1. The third-order valence-electron chi connectivity index (χ3n) is 3.18. The maximum Gasteiger partial charge on any atom is 0.0721 e. The number of ether oxygens (including phenoxy) is 1. The first kappa shape index (κ1) is 12.1. The van der Waals surface area contributed by atoms with Gasteiger partial charge in [-0.05, 0) is 36.3 Å². The summed E-state index contributed by atoms with van der Waals surface area (Å²) >= 11 is 0. The summed E-state index contributed by atoms with van der Waals surface area (Å²) in [7, 11) is 0. The van der Waals surface area contributed by atoms with Crippen molar-refractivity contribution in [3.8, 4) is 0 Å². The Hall–Kier alpha value is -1.34. The highest BCUT2D eigenvalue weighted by atomic mass is 16.5. The van der Waals surface area contributed by atoms with Gasteiger partial charge >= 0.3 is 0 Å². The van der Waals surface area contributed by atoms with Crippen LogP contribution >= 0.6 is 0 Å². The molecular weight excluding hydrogens is 208 g/mol. The van der Waals surface area contributed by atoms with E-state index in [9.17, 15) is 0 Å². The molecule has 1 aliphatic rings. The van der Waals surface area contributed by atoms with E-state index in [1.54, 1.807) is 0 Å². The highest BCUT2D eigenvalue weighted by Gasteiger charge is 2.11. The average Bonchev–Trinajstić information content (AvgIpc) is 2.41. The molecule has 0 bridgehead atoms. The predicted molar refractivity (Wildman–Crippen MR) is 71.7 cm³/mol. The van der Waals surface area contributed by atoms with Crippen molar-refractivity contribution in [2.75, 3.05) is 6.61 Å². The van der Waals surface area contributed by atoms with Gasteiger partial charge in [-0.15, -0.1) is 0 Å². The molecule has 1 nitrogen and oxygen atoms in total. The summed E-state index contributed by atoms with van der Waals surface area (Å²) in [5.41, 5.74) is 2.43. The van der Waals surface area contributed by atoms with Gasteiger partial charge in [-0.2, -0.15) is 0 Å². The number of allylic oxidation sites excluding steroid dienone is 2. The van der Waals surface area contributed by atoms with Crippen LogP contribution in [0.25, 0.3) is 0 Å². The van der Waals surface area contributed by atoms with Crippen molar-refractivity contribution >= 4 is 0 Å². The fourth-order valence-corrected chi connectivity index (χ4v) is 2.13. The van der Waals surface area contributed by atoms with E-state index < -0.39 is 0 Å². The first-order valence-corrected chi connectivity index (χ1v) is 6.32. The molecule has 0 amide bonds. The Morgan fingerprint density at radius 3 is 2.82 bits per heavy atom. The molecule has 0 aliphatic heterocycles. The molecule has 1 unspecified atom stereocenters. The van der Waals surface area contributed by atoms with Crippen molar-refractivity contribution in [1.82, 2.24) is 0 Å². The van der Waals surface area contributed by atoms with Gasteiger partial charge in [-0.25, -0.2) is 0 Å². The summed E-state index contributed by atoms with van der Waals surface area (Å²) in [5.74, 6) is 0.527. The molecule has 0 aromatic heterocycles. The molecule has 0 N–H and O–H groups in total. The summed E-state index contributed by atoms with van der Waals surface area (Å²) in [6.45, 7) is 5.48. The van der Waals surface area contributed by atoms with E-state index in [1.165, 1.54) is 30.4 Å². The van der Waals surface area contributed by atoms with E-state index in [4.69, 9.17) is 4.74 Å². The molecule has 0 heterocycles. The second-order valence-electron chi connectivity index (χ2n) is 4.60.